The van der Waals surface area contributed by atoms with Crippen LogP contribution in [0.15, 0.2) is 24.3 Å². The molecular weight excluding hydrogens is 230 g/mol. The number of rotatable bonds is 6. The van der Waals surface area contributed by atoms with Crippen LogP contribution in [0.3, 0.4) is 0 Å². The first-order valence-corrected chi connectivity index (χ1v) is 8.21. The number of hydrogen-bond acceptors (Lipinski definition) is 1. The van der Waals surface area contributed by atoms with E-state index in [-0.39, 0.29) is 0 Å². The van der Waals surface area contributed by atoms with Crippen LogP contribution >= 0.6 is 0 Å². The normalized spacial score (nSPS) is 20.6. The van der Waals surface area contributed by atoms with Crippen molar-refractivity contribution in [2.75, 3.05) is 6.54 Å². The van der Waals surface area contributed by atoms with Crippen LogP contribution in [0.2, 0.25) is 0 Å². The summed E-state index contributed by atoms with van der Waals surface area (Å²) >= 11 is 0. The minimum Gasteiger partial charge on any atom is -0.313 e. The molecule has 0 aliphatic heterocycles. The van der Waals surface area contributed by atoms with Gasteiger partial charge in [-0.15, -0.1) is 0 Å². The number of benzene rings is 1. The van der Waals surface area contributed by atoms with Gasteiger partial charge in [0.2, 0.25) is 0 Å². The van der Waals surface area contributed by atoms with Gasteiger partial charge in [0, 0.05) is 6.54 Å². The van der Waals surface area contributed by atoms with Gasteiger partial charge in [-0.3, -0.25) is 0 Å². The van der Waals surface area contributed by atoms with E-state index in [2.05, 4.69) is 29.6 Å². The second-order valence-corrected chi connectivity index (χ2v) is 6.49. The van der Waals surface area contributed by atoms with Gasteiger partial charge < -0.3 is 5.32 Å². The molecule has 0 unspecified atom stereocenters. The van der Waals surface area contributed by atoms with Gasteiger partial charge in [0.05, 0.1) is 0 Å². The summed E-state index contributed by atoms with van der Waals surface area (Å²) in [5.41, 5.74) is 2.99. The number of nitrogens with one attached hydrogen (secondary N) is 1. The second kappa shape index (κ2) is 6.56. The van der Waals surface area contributed by atoms with Gasteiger partial charge in [-0.1, -0.05) is 56.4 Å². The maximum atomic E-state index is 3.61. The van der Waals surface area contributed by atoms with E-state index in [9.17, 15) is 0 Å². The Kier molecular flexibility index (Phi) is 4.55. The van der Waals surface area contributed by atoms with Crippen molar-refractivity contribution in [1.82, 2.24) is 5.32 Å². The zero-order chi connectivity index (χ0) is 12.9. The molecule has 2 saturated carbocycles. The van der Waals surface area contributed by atoms with Gasteiger partial charge in [-0.25, -0.2) is 0 Å². The smallest absolute Gasteiger partial charge is 0.0205 e. The van der Waals surface area contributed by atoms with Crippen molar-refractivity contribution in [1.29, 1.82) is 0 Å². The minimum atomic E-state index is 0.883. The van der Waals surface area contributed by atoms with Crippen molar-refractivity contribution < 1.29 is 0 Å². The topological polar surface area (TPSA) is 12.0 Å². The fraction of sp³-hybridized carbons (Fsp3) is 0.667. The molecule has 0 heterocycles. The van der Waals surface area contributed by atoms with Gasteiger partial charge in [-0.05, 0) is 48.8 Å². The quantitative estimate of drug-likeness (QED) is 0.733. The van der Waals surface area contributed by atoms with Crippen LogP contribution in [0.1, 0.15) is 68.4 Å². The Labute approximate surface area is 117 Å². The molecule has 0 amide bonds. The lowest BCUT2D eigenvalue weighted by atomic mass is 9.87. The van der Waals surface area contributed by atoms with E-state index < -0.39 is 0 Å². The molecule has 0 bridgehead atoms. The third kappa shape index (κ3) is 4.07. The Bertz CT molecular complexity index is 371. The first kappa shape index (κ1) is 13.2. The standard InChI is InChI=1S/C18H27N/c1-2-4-15(5-3-1)12-13-19-14-16-6-8-17(9-7-16)18-10-11-18/h6-9,15,18-19H,1-5,10-14H2. The van der Waals surface area contributed by atoms with Crippen LogP contribution in [0, 0.1) is 5.92 Å². The van der Waals surface area contributed by atoms with E-state index in [0.29, 0.717) is 0 Å². The molecule has 0 spiro atoms. The summed E-state index contributed by atoms with van der Waals surface area (Å²) in [6.07, 6.45) is 11.5. The van der Waals surface area contributed by atoms with Gasteiger partial charge in [-0.2, -0.15) is 0 Å². The molecule has 19 heavy (non-hydrogen) atoms. The van der Waals surface area contributed by atoms with Crippen molar-refractivity contribution in [3.63, 3.8) is 0 Å². The highest BCUT2D eigenvalue weighted by atomic mass is 14.8. The minimum absolute atomic E-state index is 0.883. The highest BCUT2D eigenvalue weighted by molar-refractivity contribution is 5.27. The molecule has 2 aliphatic rings. The van der Waals surface area contributed by atoms with E-state index in [0.717, 1.165) is 18.4 Å². The molecule has 2 fully saturated rings. The van der Waals surface area contributed by atoms with Crippen LogP contribution in [0.4, 0.5) is 0 Å². The maximum Gasteiger partial charge on any atom is 0.0205 e. The predicted octanol–water partition coefficient (Wildman–Crippen LogP) is 4.62. The summed E-state index contributed by atoms with van der Waals surface area (Å²) in [6, 6.07) is 9.27. The van der Waals surface area contributed by atoms with Crippen molar-refractivity contribution in [2.24, 2.45) is 5.92 Å². The van der Waals surface area contributed by atoms with E-state index in [4.69, 9.17) is 0 Å². The summed E-state index contributed by atoms with van der Waals surface area (Å²) in [5, 5.41) is 3.61. The van der Waals surface area contributed by atoms with Gasteiger partial charge in [0.15, 0.2) is 0 Å². The summed E-state index contributed by atoms with van der Waals surface area (Å²) in [4.78, 5) is 0. The second-order valence-electron chi connectivity index (χ2n) is 6.49. The van der Waals surface area contributed by atoms with E-state index in [1.807, 2.05) is 0 Å². The van der Waals surface area contributed by atoms with Crippen LogP contribution in [-0.4, -0.2) is 6.54 Å². The Hall–Kier alpha value is -0.820. The first-order valence-electron chi connectivity index (χ1n) is 8.21. The molecule has 1 aromatic carbocycles. The lowest BCUT2D eigenvalue weighted by Crippen LogP contribution is -2.19. The van der Waals surface area contributed by atoms with Gasteiger partial charge in [0.1, 0.15) is 0 Å². The summed E-state index contributed by atoms with van der Waals surface area (Å²) in [5.74, 6) is 1.88. The molecule has 3 rings (SSSR count). The van der Waals surface area contributed by atoms with Crippen molar-refractivity contribution in [3.05, 3.63) is 35.4 Å². The van der Waals surface area contributed by atoms with Gasteiger partial charge >= 0.3 is 0 Å². The summed E-state index contributed by atoms with van der Waals surface area (Å²) in [6.45, 7) is 2.23. The Morgan fingerprint density at radius 3 is 2.32 bits per heavy atom. The molecule has 1 N–H and O–H groups in total. The molecule has 104 valence electrons. The van der Waals surface area contributed by atoms with E-state index in [1.54, 1.807) is 5.56 Å². The molecule has 2 aliphatic carbocycles. The fourth-order valence-electron chi connectivity index (χ4n) is 3.34. The molecule has 0 radical (unpaired) electrons. The van der Waals surface area contributed by atoms with Crippen LogP contribution in [0.25, 0.3) is 0 Å². The Balaban J connectivity index is 1.34. The third-order valence-electron chi connectivity index (χ3n) is 4.81. The van der Waals surface area contributed by atoms with E-state index >= 15 is 0 Å². The SMILES string of the molecule is c1cc(C2CC2)ccc1CNCCC1CCCCC1. The molecule has 1 aromatic rings. The summed E-state index contributed by atoms with van der Waals surface area (Å²) < 4.78 is 0. The Morgan fingerprint density at radius 1 is 0.895 bits per heavy atom. The largest absolute Gasteiger partial charge is 0.313 e. The van der Waals surface area contributed by atoms with Crippen LogP contribution < -0.4 is 5.32 Å². The monoisotopic (exact) mass is 257 g/mol. The highest BCUT2D eigenvalue weighted by Crippen LogP contribution is 2.39. The molecule has 1 heteroatoms. The zero-order valence-electron chi connectivity index (χ0n) is 12.0. The third-order valence-corrected chi connectivity index (χ3v) is 4.81. The fourth-order valence-corrected chi connectivity index (χ4v) is 3.34. The lowest BCUT2D eigenvalue weighted by molar-refractivity contribution is 0.334. The zero-order valence-corrected chi connectivity index (χ0v) is 12.0. The highest BCUT2D eigenvalue weighted by Gasteiger charge is 2.22. The molecular formula is C18H27N. The van der Waals surface area contributed by atoms with Crippen LogP contribution in [-0.2, 0) is 6.54 Å². The molecule has 1 nitrogen and oxygen atoms in total. The number of hydrogen-bond donors (Lipinski definition) is 1. The first-order chi connectivity index (χ1) is 9.42. The Morgan fingerprint density at radius 2 is 1.63 bits per heavy atom. The van der Waals surface area contributed by atoms with Gasteiger partial charge in [0.25, 0.3) is 0 Å². The molecule has 0 atom stereocenters. The maximum absolute atomic E-state index is 3.61. The molecule has 0 saturated heterocycles. The lowest BCUT2D eigenvalue weighted by Gasteiger charge is -2.21. The average molecular weight is 257 g/mol. The van der Waals surface area contributed by atoms with Crippen LogP contribution in [0.5, 0.6) is 0 Å². The van der Waals surface area contributed by atoms with Crippen molar-refractivity contribution >= 4 is 0 Å². The van der Waals surface area contributed by atoms with Crippen molar-refractivity contribution in [2.45, 2.75) is 63.8 Å². The van der Waals surface area contributed by atoms with E-state index in [1.165, 1.54) is 63.5 Å². The predicted molar refractivity (Wildman–Crippen MR) is 81.3 cm³/mol. The molecule has 0 aromatic heterocycles. The summed E-state index contributed by atoms with van der Waals surface area (Å²) in [7, 11) is 0. The average Bonchev–Trinajstić information content (AvgIpc) is 3.30. The van der Waals surface area contributed by atoms with Crippen molar-refractivity contribution in [3.8, 4) is 0 Å².